The van der Waals surface area contributed by atoms with Crippen LogP contribution in [0.3, 0.4) is 0 Å². The third-order valence-electron chi connectivity index (χ3n) is 3.18. The fraction of sp³-hybridized carbons (Fsp3) is 0.500. The van der Waals surface area contributed by atoms with Crippen molar-refractivity contribution in [3.63, 3.8) is 0 Å². The van der Waals surface area contributed by atoms with Crippen molar-refractivity contribution < 1.29 is 9.63 Å². The number of rotatable bonds is 3. The maximum absolute atomic E-state index is 9.84. The van der Waals surface area contributed by atoms with E-state index >= 15 is 0 Å². The average molecular weight is 265 g/mol. The van der Waals surface area contributed by atoms with Crippen LogP contribution >= 0.6 is 11.3 Å². The fourth-order valence-corrected chi connectivity index (χ4v) is 3.04. The van der Waals surface area contributed by atoms with Gasteiger partial charge in [0.2, 0.25) is 5.89 Å². The van der Waals surface area contributed by atoms with Crippen molar-refractivity contribution >= 4 is 11.3 Å². The van der Waals surface area contributed by atoms with Crippen molar-refractivity contribution in [3.05, 3.63) is 34.1 Å². The predicted octanol–water partition coefficient (Wildman–Crippen LogP) is 1.75. The number of thiophene rings is 1. The summed E-state index contributed by atoms with van der Waals surface area (Å²) < 4.78 is 5.23. The van der Waals surface area contributed by atoms with Crippen molar-refractivity contribution in [2.24, 2.45) is 0 Å². The average Bonchev–Trinajstić information content (AvgIpc) is 3.01. The quantitative estimate of drug-likeness (QED) is 0.916. The van der Waals surface area contributed by atoms with Crippen LogP contribution in [0.25, 0.3) is 0 Å². The number of nitrogens with zero attached hydrogens (tertiary/aromatic N) is 3. The van der Waals surface area contributed by atoms with E-state index in [0.29, 0.717) is 24.7 Å². The number of β-amino-alcohol motifs (C(OH)–C–C–N with tert-alkyl or cyclic N) is 1. The van der Waals surface area contributed by atoms with Gasteiger partial charge in [-0.05, 0) is 35.7 Å². The Morgan fingerprint density at radius 2 is 2.50 bits per heavy atom. The molecule has 1 N–H and O–H groups in total. The first-order valence-electron chi connectivity index (χ1n) is 5.96. The Bertz CT molecular complexity index is 511. The van der Waals surface area contributed by atoms with Crippen molar-refractivity contribution in [1.82, 2.24) is 15.0 Å². The van der Waals surface area contributed by atoms with Crippen molar-refractivity contribution in [3.8, 4) is 0 Å². The first-order valence-corrected chi connectivity index (χ1v) is 6.90. The van der Waals surface area contributed by atoms with E-state index in [0.717, 1.165) is 6.54 Å². The van der Waals surface area contributed by atoms with Gasteiger partial charge in [0.1, 0.15) is 0 Å². The molecule has 1 saturated heterocycles. The lowest BCUT2D eigenvalue weighted by atomic mass is 10.2. The first-order chi connectivity index (χ1) is 8.72. The van der Waals surface area contributed by atoms with Gasteiger partial charge in [-0.25, -0.2) is 0 Å². The monoisotopic (exact) mass is 265 g/mol. The summed E-state index contributed by atoms with van der Waals surface area (Å²) in [7, 11) is 0. The zero-order chi connectivity index (χ0) is 12.5. The summed E-state index contributed by atoms with van der Waals surface area (Å²) in [5, 5.41) is 17.9. The van der Waals surface area contributed by atoms with Gasteiger partial charge in [-0.1, -0.05) is 5.16 Å². The first kappa shape index (κ1) is 11.8. The van der Waals surface area contributed by atoms with Crippen LogP contribution in [-0.2, 0) is 6.54 Å². The minimum absolute atomic E-state index is 0.0288. The maximum atomic E-state index is 9.84. The normalized spacial score (nSPS) is 24.8. The van der Waals surface area contributed by atoms with Gasteiger partial charge in [0.25, 0.3) is 0 Å². The lowest BCUT2D eigenvalue weighted by Crippen LogP contribution is -2.24. The van der Waals surface area contributed by atoms with Crippen LogP contribution in [-0.4, -0.2) is 32.8 Å². The topological polar surface area (TPSA) is 62.4 Å². The minimum atomic E-state index is -0.319. The summed E-state index contributed by atoms with van der Waals surface area (Å²) in [6.45, 7) is 3.27. The molecule has 0 unspecified atom stereocenters. The highest BCUT2D eigenvalue weighted by Gasteiger charge is 2.35. The molecule has 1 aliphatic heterocycles. The molecule has 2 atom stereocenters. The van der Waals surface area contributed by atoms with Crippen LogP contribution in [0.1, 0.15) is 29.7 Å². The van der Waals surface area contributed by atoms with Crippen LogP contribution in [0.15, 0.2) is 21.3 Å². The zero-order valence-corrected chi connectivity index (χ0v) is 10.9. The number of aromatic nitrogens is 2. The third-order valence-corrected chi connectivity index (χ3v) is 3.91. The maximum Gasteiger partial charge on any atom is 0.244 e. The van der Waals surface area contributed by atoms with E-state index in [2.05, 4.69) is 31.9 Å². The van der Waals surface area contributed by atoms with Crippen molar-refractivity contribution in [2.75, 3.05) is 6.54 Å². The molecule has 1 fully saturated rings. The largest absolute Gasteiger partial charge is 0.392 e. The number of hydrogen-bond donors (Lipinski definition) is 1. The van der Waals surface area contributed by atoms with Crippen LogP contribution in [0, 0.1) is 6.92 Å². The molecule has 0 bridgehead atoms. The van der Waals surface area contributed by atoms with E-state index in [-0.39, 0.29) is 12.1 Å². The van der Waals surface area contributed by atoms with Crippen LogP contribution in [0.5, 0.6) is 0 Å². The van der Waals surface area contributed by atoms with E-state index in [1.54, 1.807) is 11.3 Å². The molecule has 0 saturated carbocycles. The van der Waals surface area contributed by atoms with E-state index in [1.165, 1.54) is 5.56 Å². The van der Waals surface area contributed by atoms with Crippen molar-refractivity contribution in [2.45, 2.75) is 32.0 Å². The molecule has 2 aromatic rings. The molecule has 1 aliphatic rings. The van der Waals surface area contributed by atoms with E-state index in [1.807, 2.05) is 6.92 Å². The smallest absolute Gasteiger partial charge is 0.244 e. The number of aliphatic hydroxyl groups is 1. The highest BCUT2D eigenvalue weighted by molar-refractivity contribution is 7.07. The Labute approximate surface area is 109 Å². The van der Waals surface area contributed by atoms with E-state index < -0.39 is 0 Å². The molecule has 0 radical (unpaired) electrons. The Balaban J connectivity index is 1.79. The van der Waals surface area contributed by atoms with Gasteiger partial charge in [0.15, 0.2) is 5.82 Å². The van der Waals surface area contributed by atoms with Gasteiger partial charge in [-0.15, -0.1) is 0 Å². The molecule has 5 nitrogen and oxygen atoms in total. The van der Waals surface area contributed by atoms with Gasteiger partial charge < -0.3 is 9.63 Å². The van der Waals surface area contributed by atoms with Gasteiger partial charge in [0, 0.05) is 13.1 Å². The summed E-state index contributed by atoms with van der Waals surface area (Å²) in [5.41, 5.74) is 1.26. The molecule has 2 aromatic heterocycles. The minimum Gasteiger partial charge on any atom is -0.392 e. The molecule has 18 heavy (non-hydrogen) atoms. The van der Waals surface area contributed by atoms with Crippen LogP contribution < -0.4 is 0 Å². The van der Waals surface area contributed by atoms with Gasteiger partial charge in [0.05, 0.1) is 12.1 Å². The summed E-state index contributed by atoms with van der Waals surface area (Å²) >= 11 is 1.68. The molecule has 96 valence electrons. The molecule has 3 heterocycles. The molecule has 0 aliphatic carbocycles. The lowest BCUT2D eigenvalue weighted by Gasteiger charge is -2.20. The SMILES string of the molecule is Cc1noc([C@H]2C[C@H](O)CN2Cc2ccsc2)n1. The summed E-state index contributed by atoms with van der Waals surface area (Å²) in [4.78, 5) is 6.47. The molecule has 3 rings (SSSR count). The Morgan fingerprint density at radius 3 is 3.17 bits per heavy atom. The van der Waals surface area contributed by atoms with Crippen LogP contribution in [0.4, 0.5) is 0 Å². The summed E-state index contributed by atoms with van der Waals surface area (Å²) in [6, 6.07) is 2.13. The second kappa shape index (κ2) is 4.79. The third kappa shape index (κ3) is 2.31. The van der Waals surface area contributed by atoms with Crippen LogP contribution in [0.2, 0.25) is 0 Å². The van der Waals surface area contributed by atoms with Gasteiger partial charge >= 0.3 is 0 Å². The predicted molar refractivity (Wildman–Crippen MR) is 67.1 cm³/mol. The Kier molecular flexibility index (Phi) is 3.15. The van der Waals surface area contributed by atoms with E-state index in [4.69, 9.17) is 4.52 Å². The molecule has 6 heteroatoms. The highest BCUT2D eigenvalue weighted by Crippen LogP contribution is 2.32. The molecular formula is C12H15N3O2S. The second-order valence-electron chi connectivity index (χ2n) is 4.65. The fourth-order valence-electron chi connectivity index (χ4n) is 2.38. The lowest BCUT2D eigenvalue weighted by molar-refractivity contribution is 0.169. The molecule has 0 spiro atoms. The van der Waals surface area contributed by atoms with E-state index in [9.17, 15) is 5.11 Å². The standard InChI is InChI=1S/C12H15N3O2S/c1-8-13-12(17-14-8)11-4-10(16)6-15(11)5-9-2-3-18-7-9/h2-3,7,10-11,16H,4-6H2,1H3/t10-,11+/m0/s1. The molecule has 0 aromatic carbocycles. The molecule has 0 amide bonds. The Hall–Kier alpha value is -1.24. The zero-order valence-electron chi connectivity index (χ0n) is 10.1. The second-order valence-corrected chi connectivity index (χ2v) is 5.43. The number of hydrogen-bond acceptors (Lipinski definition) is 6. The number of aliphatic hydroxyl groups excluding tert-OH is 1. The van der Waals surface area contributed by atoms with Gasteiger partial charge in [-0.2, -0.15) is 16.3 Å². The molecular weight excluding hydrogens is 250 g/mol. The number of aryl methyl sites for hydroxylation is 1. The summed E-state index contributed by atoms with van der Waals surface area (Å²) in [6.07, 6.45) is 0.340. The summed E-state index contributed by atoms with van der Waals surface area (Å²) in [5.74, 6) is 1.25. The highest BCUT2D eigenvalue weighted by atomic mass is 32.1. The van der Waals surface area contributed by atoms with Crippen molar-refractivity contribution in [1.29, 1.82) is 0 Å². The van der Waals surface area contributed by atoms with Gasteiger partial charge in [-0.3, -0.25) is 4.90 Å². The Morgan fingerprint density at radius 1 is 1.61 bits per heavy atom. The number of likely N-dealkylation sites (tertiary alicyclic amines) is 1.